The molecule has 0 aliphatic rings. The van der Waals surface area contributed by atoms with Crippen molar-refractivity contribution < 1.29 is 22.7 Å². The number of hydrogen-bond donors (Lipinski definition) is 3. The van der Waals surface area contributed by atoms with Crippen molar-refractivity contribution in [3.63, 3.8) is 0 Å². The number of nitrogens with one attached hydrogen (secondary N) is 3. The molecule has 2 aromatic carbocycles. The Balaban J connectivity index is 1.64. The van der Waals surface area contributed by atoms with E-state index in [4.69, 9.17) is 4.74 Å². The van der Waals surface area contributed by atoms with Gasteiger partial charge in [-0.05, 0) is 64.9 Å². The molecule has 1 aromatic heterocycles. The van der Waals surface area contributed by atoms with Crippen molar-refractivity contribution in [2.24, 2.45) is 0 Å². The second kappa shape index (κ2) is 9.42. The second-order valence-electron chi connectivity index (χ2n) is 6.17. The molecule has 0 atom stereocenters. The summed E-state index contributed by atoms with van der Waals surface area (Å²) in [6, 6.07) is 13.7. The number of methoxy groups -OCH3 is 1. The van der Waals surface area contributed by atoms with Gasteiger partial charge in [-0.2, -0.15) is 11.3 Å². The molecule has 10 heteroatoms. The van der Waals surface area contributed by atoms with Crippen molar-refractivity contribution in [3.8, 4) is 5.75 Å². The minimum Gasteiger partial charge on any atom is -0.497 e. The monoisotopic (exact) mass is 445 g/mol. The standard InChI is InChI=1S/C20H19N3O5S2/c1-28-17-7-5-16(6-8-17)23-30(26,27)18-4-2-3-15(12-18)20(25)22-21-19(24)11-14-9-10-29-13-14/h2-10,12-13,23H,11H2,1H3,(H,21,24)(H,22,25). The largest absolute Gasteiger partial charge is 0.497 e. The average molecular weight is 446 g/mol. The van der Waals surface area contributed by atoms with Gasteiger partial charge in [0.15, 0.2) is 0 Å². The van der Waals surface area contributed by atoms with Crippen LogP contribution in [0.1, 0.15) is 15.9 Å². The number of benzene rings is 2. The average Bonchev–Trinajstić information content (AvgIpc) is 3.25. The van der Waals surface area contributed by atoms with Crippen LogP contribution in [0.4, 0.5) is 5.69 Å². The maximum atomic E-state index is 12.6. The maximum absolute atomic E-state index is 12.6. The number of hydrogen-bond acceptors (Lipinski definition) is 6. The Morgan fingerprint density at radius 1 is 1.03 bits per heavy atom. The van der Waals surface area contributed by atoms with Crippen LogP contribution in [0.2, 0.25) is 0 Å². The van der Waals surface area contributed by atoms with Crippen LogP contribution in [-0.2, 0) is 21.2 Å². The smallest absolute Gasteiger partial charge is 0.269 e. The first-order valence-electron chi connectivity index (χ1n) is 8.74. The lowest BCUT2D eigenvalue weighted by Crippen LogP contribution is -2.42. The fourth-order valence-electron chi connectivity index (χ4n) is 2.50. The number of thiophene rings is 1. The number of ether oxygens (including phenoxy) is 1. The fraction of sp³-hybridized carbons (Fsp3) is 0.100. The number of rotatable bonds is 7. The highest BCUT2D eigenvalue weighted by molar-refractivity contribution is 7.92. The van der Waals surface area contributed by atoms with Crippen LogP contribution >= 0.6 is 11.3 Å². The molecule has 0 saturated carbocycles. The highest BCUT2D eigenvalue weighted by Gasteiger charge is 2.17. The Bertz CT molecular complexity index is 1130. The van der Waals surface area contributed by atoms with E-state index in [9.17, 15) is 18.0 Å². The van der Waals surface area contributed by atoms with E-state index in [0.29, 0.717) is 11.4 Å². The van der Waals surface area contributed by atoms with Gasteiger partial charge >= 0.3 is 0 Å². The first kappa shape index (κ1) is 21.3. The van der Waals surface area contributed by atoms with E-state index in [1.165, 1.54) is 42.7 Å². The van der Waals surface area contributed by atoms with Gasteiger partial charge in [-0.25, -0.2) is 8.42 Å². The Morgan fingerprint density at radius 3 is 2.47 bits per heavy atom. The Morgan fingerprint density at radius 2 is 1.80 bits per heavy atom. The molecular weight excluding hydrogens is 426 g/mol. The zero-order valence-corrected chi connectivity index (χ0v) is 17.5. The third kappa shape index (κ3) is 5.58. The van der Waals surface area contributed by atoms with Crippen molar-refractivity contribution in [3.05, 3.63) is 76.5 Å². The van der Waals surface area contributed by atoms with Crippen LogP contribution in [0, 0.1) is 0 Å². The van der Waals surface area contributed by atoms with E-state index in [1.54, 1.807) is 24.3 Å². The molecule has 0 spiro atoms. The minimum atomic E-state index is -3.91. The summed E-state index contributed by atoms with van der Waals surface area (Å²) in [6.07, 6.45) is 0.129. The Hall–Kier alpha value is -3.37. The number of anilines is 1. The fourth-order valence-corrected chi connectivity index (χ4v) is 4.27. The topological polar surface area (TPSA) is 114 Å². The second-order valence-corrected chi connectivity index (χ2v) is 8.63. The first-order chi connectivity index (χ1) is 14.4. The summed E-state index contributed by atoms with van der Waals surface area (Å²) in [5, 5.41) is 3.69. The molecule has 0 aliphatic carbocycles. The molecule has 30 heavy (non-hydrogen) atoms. The summed E-state index contributed by atoms with van der Waals surface area (Å²) in [6.45, 7) is 0. The van der Waals surface area contributed by atoms with Crippen molar-refractivity contribution in [2.45, 2.75) is 11.3 Å². The van der Waals surface area contributed by atoms with Crippen LogP contribution < -0.4 is 20.3 Å². The normalized spacial score (nSPS) is 10.8. The molecule has 3 aromatic rings. The van der Waals surface area contributed by atoms with Crippen molar-refractivity contribution >= 4 is 38.9 Å². The van der Waals surface area contributed by atoms with Crippen LogP contribution in [0.3, 0.4) is 0 Å². The van der Waals surface area contributed by atoms with Gasteiger partial charge in [0, 0.05) is 11.3 Å². The van der Waals surface area contributed by atoms with Crippen LogP contribution in [0.15, 0.2) is 70.3 Å². The quantitative estimate of drug-likeness (QED) is 0.484. The third-order valence-electron chi connectivity index (χ3n) is 4.01. The molecule has 156 valence electrons. The number of amides is 2. The van der Waals surface area contributed by atoms with Crippen LogP contribution in [0.5, 0.6) is 5.75 Å². The van der Waals surface area contributed by atoms with Gasteiger partial charge in [-0.3, -0.25) is 25.2 Å². The summed E-state index contributed by atoms with van der Waals surface area (Å²) in [4.78, 5) is 24.1. The molecular formula is C20H19N3O5S2. The van der Waals surface area contributed by atoms with E-state index in [0.717, 1.165) is 5.56 Å². The minimum absolute atomic E-state index is 0.0865. The van der Waals surface area contributed by atoms with Gasteiger partial charge in [-0.1, -0.05) is 6.07 Å². The van der Waals surface area contributed by atoms with Crippen molar-refractivity contribution in [1.82, 2.24) is 10.9 Å². The van der Waals surface area contributed by atoms with Gasteiger partial charge in [-0.15, -0.1) is 0 Å². The van der Waals surface area contributed by atoms with Crippen LogP contribution in [-0.4, -0.2) is 27.3 Å². The van der Waals surface area contributed by atoms with Crippen molar-refractivity contribution in [1.29, 1.82) is 0 Å². The summed E-state index contributed by atoms with van der Waals surface area (Å²) >= 11 is 1.47. The van der Waals surface area contributed by atoms with Gasteiger partial charge in [0.2, 0.25) is 5.91 Å². The summed E-state index contributed by atoms with van der Waals surface area (Å²) in [7, 11) is -2.40. The van der Waals surface area contributed by atoms with E-state index in [2.05, 4.69) is 15.6 Å². The van der Waals surface area contributed by atoms with Gasteiger partial charge in [0.1, 0.15) is 5.75 Å². The Kier molecular flexibility index (Phi) is 6.70. The molecule has 3 rings (SSSR count). The molecule has 2 amide bonds. The number of hydrazine groups is 1. The zero-order chi connectivity index (χ0) is 21.6. The maximum Gasteiger partial charge on any atom is 0.269 e. The first-order valence-corrected chi connectivity index (χ1v) is 11.2. The predicted octanol–water partition coefficient (Wildman–Crippen LogP) is 2.56. The van der Waals surface area contributed by atoms with Gasteiger partial charge in [0.25, 0.3) is 15.9 Å². The summed E-state index contributed by atoms with van der Waals surface area (Å²) in [5.74, 6) is -0.417. The molecule has 0 unspecified atom stereocenters. The lowest BCUT2D eigenvalue weighted by Gasteiger charge is -2.11. The summed E-state index contributed by atoms with van der Waals surface area (Å²) < 4.78 is 32.8. The molecule has 0 fully saturated rings. The number of carbonyl (C=O) groups excluding carboxylic acids is 2. The van der Waals surface area contributed by atoms with Crippen LogP contribution in [0.25, 0.3) is 0 Å². The molecule has 1 heterocycles. The number of carbonyl (C=O) groups is 2. The van der Waals surface area contributed by atoms with Crippen molar-refractivity contribution in [2.75, 3.05) is 11.8 Å². The van der Waals surface area contributed by atoms with Gasteiger partial charge in [0.05, 0.1) is 18.4 Å². The van der Waals surface area contributed by atoms with E-state index in [1.807, 2.05) is 16.8 Å². The SMILES string of the molecule is COc1ccc(NS(=O)(=O)c2cccc(C(=O)NNC(=O)Cc3ccsc3)c2)cc1. The highest BCUT2D eigenvalue weighted by Crippen LogP contribution is 2.20. The zero-order valence-electron chi connectivity index (χ0n) is 15.9. The molecule has 0 bridgehead atoms. The number of sulfonamides is 1. The van der Waals surface area contributed by atoms with E-state index in [-0.39, 0.29) is 22.8 Å². The van der Waals surface area contributed by atoms with E-state index >= 15 is 0 Å². The molecule has 0 radical (unpaired) electrons. The van der Waals surface area contributed by atoms with E-state index < -0.39 is 15.9 Å². The molecule has 3 N–H and O–H groups in total. The lowest BCUT2D eigenvalue weighted by atomic mass is 10.2. The predicted molar refractivity (Wildman–Crippen MR) is 114 cm³/mol. The molecule has 0 saturated heterocycles. The van der Waals surface area contributed by atoms with Gasteiger partial charge < -0.3 is 4.74 Å². The Labute approximate surface area is 177 Å². The highest BCUT2D eigenvalue weighted by atomic mass is 32.2. The molecule has 8 nitrogen and oxygen atoms in total. The third-order valence-corrected chi connectivity index (χ3v) is 6.12. The molecule has 0 aliphatic heterocycles. The lowest BCUT2D eigenvalue weighted by molar-refractivity contribution is -0.121. The summed E-state index contributed by atoms with van der Waals surface area (Å²) in [5.41, 5.74) is 5.88.